The summed E-state index contributed by atoms with van der Waals surface area (Å²) in [6, 6.07) is 5.13. The molecule has 1 heterocycles. The molecule has 2 rings (SSSR count). The van der Waals surface area contributed by atoms with Crippen molar-refractivity contribution in [2.75, 3.05) is 0 Å². The van der Waals surface area contributed by atoms with E-state index in [0.29, 0.717) is 6.54 Å². The third kappa shape index (κ3) is 3.24. The van der Waals surface area contributed by atoms with Gasteiger partial charge in [0.05, 0.1) is 6.33 Å². The van der Waals surface area contributed by atoms with E-state index in [4.69, 9.17) is 0 Å². The van der Waals surface area contributed by atoms with Gasteiger partial charge in [0.25, 0.3) is 0 Å². The Kier molecular flexibility index (Phi) is 3.84. The lowest BCUT2D eigenvalue weighted by Gasteiger charge is -2.14. The van der Waals surface area contributed by atoms with Gasteiger partial charge >= 0.3 is 0 Å². The molecule has 0 radical (unpaired) electrons. The molecule has 0 bridgehead atoms. The van der Waals surface area contributed by atoms with Gasteiger partial charge < -0.3 is 20.1 Å². The Morgan fingerprint density at radius 1 is 1.33 bits per heavy atom. The number of rotatable bonds is 5. The number of nitrogens with one attached hydrogen (secondary N) is 1. The molecule has 1 unspecified atom stereocenters. The van der Waals surface area contributed by atoms with Crippen LogP contribution in [-0.4, -0.2) is 25.8 Å². The smallest absolute Gasteiger partial charge is 0.157 e. The number of phenolic OH excluding ortho intramolecular Hbond substituents is 2. The van der Waals surface area contributed by atoms with Gasteiger partial charge in [0.15, 0.2) is 11.5 Å². The zero-order valence-corrected chi connectivity index (χ0v) is 10.2. The fraction of sp³-hybridized carbons (Fsp3) is 0.308. The first-order valence-corrected chi connectivity index (χ1v) is 5.85. The van der Waals surface area contributed by atoms with Crippen molar-refractivity contribution >= 4 is 0 Å². The van der Waals surface area contributed by atoms with Crippen molar-refractivity contribution < 1.29 is 10.2 Å². The van der Waals surface area contributed by atoms with Crippen molar-refractivity contribution in [3.8, 4) is 11.5 Å². The predicted octanol–water partition coefficient (Wildman–Crippen LogP) is 1.47. The molecule has 5 heteroatoms. The van der Waals surface area contributed by atoms with E-state index in [9.17, 15) is 10.2 Å². The first-order valence-electron chi connectivity index (χ1n) is 5.85. The van der Waals surface area contributed by atoms with E-state index >= 15 is 0 Å². The van der Waals surface area contributed by atoms with Gasteiger partial charge in [-0.15, -0.1) is 0 Å². The summed E-state index contributed by atoms with van der Waals surface area (Å²) >= 11 is 0. The normalized spacial score (nSPS) is 12.5. The molecule has 0 spiro atoms. The molecule has 1 aromatic heterocycles. The second kappa shape index (κ2) is 5.55. The lowest BCUT2D eigenvalue weighted by molar-refractivity contribution is 0.402. The molecule has 18 heavy (non-hydrogen) atoms. The fourth-order valence-electron chi connectivity index (χ4n) is 1.75. The zero-order valence-electron chi connectivity index (χ0n) is 10.2. The van der Waals surface area contributed by atoms with E-state index in [0.717, 1.165) is 12.1 Å². The molecule has 2 aromatic rings. The van der Waals surface area contributed by atoms with E-state index in [-0.39, 0.29) is 17.5 Å². The summed E-state index contributed by atoms with van der Waals surface area (Å²) in [7, 11) is 0. The minimum Gasteiger partial charge on any atom is -0.504 e. The number of nitrogens with zero attached hydrogens (tertiary/aromatic N) is 2. The average molecular weight is 247 g/mol. The Labute approximate surface area is 106 Å². The van der Waals surface area contributed by atoms with Crippen molar-refractivity contribution in [1.82, 2.24) is 14.9 Å². The van der Waals surface area contributed by atoms with Crippen LogP contribution in [0.5, 0.6) is 11.5 Å². The number of aromatic hydroxyl groups is 2. The highest BCUT2D eigenvalue weighted by Crippen LogP contribution is 2.24. The number of hydrogen-bond donors (Lipinski definition) is 3. The quantitative estimate of drug-likeness (QED) is 0.700. The van der Waals surface area contributed by atoms with E-state index in [1.807, 2.05) is 10.8 Å². The Hall–Kier alpha value is -2.01. The molecular weight excluding hydrogens is 230 g/mol. The van der Waals surface area contributed by atoms with Crippen molar-refractivity contribution in [1.29, 1.82) is 0 Å². The summed E-state index contributed by atoms with van der Waals surface area (Å²) in [5, 5.41) is 21.9. The molecule has 0 aliphatic heterocycles. The number of aromatic nitrogens is 2. The van der Waals surface area contributed by atoms with Crippen molar-refractivity contribution in [2.45, 2.75) is 26.1 Å². The molecule has 96 valence electrons. The van der Waals surface area contributed by atoms with Gasteiger partial charge in [0, 0.05) is 31.5 Å². The lowest BCUT2D eigenvalue weighted by Crippen LogP contribution is -2.29. The number of benzene rings is 1. The topological polar surface area (TPSA) is 70.3 Å². The van der Waals surface area contributed by atoms with Crippen molar-refractivity contribution in [3.63, 3.8) is 0 Å². The van der Waals surface area contributed by atoms with Crippen molar-refractivity contribution in [3.05, 3.63) is 42.5 Å². The van der Waals surface area contributed by atoms with Gasteiger partial charge in [0.2, 0.25) is 0 Å². The minimum absolute atomic E-state index is 0.0865. The van der Waals surface area contributed by atoms with Crippen LogP contribution in [0.2, 0.25) is 0 Å². The van der Waals surface area contributed by atoms with Crippen LogP contribution in [0.3, 0.4) is 0 Å². The summed E-state index contributed by atoms with van der Waals surface area (Å²) in [6.07, 6.45) is 5.46. The van der Waals surface area contributed by atoms with Crippen LogP contribution in [0.15, 0.2) is 36.9 Å². The largest absolute Gasteiger partial charge is 0.504 e. The van der Waals surface area contributed by atoms with Crippen LogP contribution in [0.25, 0.3) is 0 Å². The highest BCUT2D eigenvalue weighted by atomic mass is 16.3. The second-order valence-electron chi connectivity index (χ2n) is 4.36. The summed E-state index contributed by atoms with van der Waals surface area (Å²) in [5.74, 6) is -0.179. The van der Waals surface area contributed by atoms with E-state index in [1.165, 1.54) is 6.07 Å². The molecule has 5 nitrogen and oxygen atoms in total. The standard InChI is InChI=1S/C13H17N3O2/c1-10(8-16-5-4-14-9-16)15-7-11-2-3-12(17)13(18)6-11/h2-6,9-10,15,17-18H,7-8H2,1H3. The fourth-order valence-corrected chi connectivity index (χ4v) is 1.75. The van der Waals surface area contributed by atoms with E-state index in [1.54, 1.807) is 24.7 Å². The molecule has 0 amide bonds. The Bertz CT molecular complexity index is 497. The maximum Gasteiger partial charge on any atom is 0.157 e. The molecule has 0 saturated heterocycles. The van der Waals surface area contributed by atoms with Gasteiger partial charge in [-0.25, -0.2) is 4.98 Å². The van der Waals surface area contributed by atoms with E-state index < -0.39 is 0 Å². The third-order valence-electron chi connectivity index (χ3n) is 2.74. The third-order valence-corrected chi connectivity index (χ3v) is 2.74. The van der Waals surface area contributed by atoms with Crippen LogP contribution in [0, 0.1) is 0 Å². The van der Waals surface area contributed by atoms with Crippen LogP contribution >= 0.6 is 0 Å². The average Bonchev–Trinajstić information content (AvgIpc) is 2.83. The van der Waals surface area contributed by atoms with Crippen LogP contribution < -0.4 is 5.32 Å². The second-order valence-corrected chi connectivity index (χ2v) is 4.36. The number of hydrogen-bond acceptors (Lipinski definition) is 4. The van der Waals surface area contributed by atoms with Gasteiger partial charge in [-0.3, -0.25) is 0 Å². The van der Waals surface area contributed by atoms with Gasteiger partial charge in [-0.05, 0) is 24.6 Å². The predicted molar refractivity (Wildman–Crippen MR) is 68.3 cm³/mol. The molecule has 1 aromatic carbocycles. The first-order chi connectivity index (χ1) is 8.65. The summed E-state index contributed by atoms with van der Waals surface area (Å²) in [4.78, 5) is 3.99. The molecule has 1 atom stereocenters. The monoisotopic (exact) mass is 247 g/mol. The molecule has 0 aliphatic rings. The van der Waals surface area contributed by atoms with Crippen LogP contribution in [0.4, 0.5) is 0 Å². The van der Waals surface area contributed by atoms with Crippen LogP contribution in [0.1, 0.15) is 12.5 Å². The maximum absolute atomic E-state index is 9.38. The molecule has 0 saturated carbocycles. The molecule has 3 N–H and O–H groups in total. The van der Waals surface area contributed by atoms with E-state index in [2.05, 4.69) is 17.2 Å². The summed E-state index contributed by atoms with van der Waals surface area (Å²) in [6.45, 7) is 3.56. The summed E-state index contributed by atoms with van der Waals surface area (Å²) in [5.41, 5.74) is 0.933. The Balaban J connectivity index is 1.85. The number of imidazole rings is 1. The maximum atomic E-state index is 9.38. The highest BCUT2D eigenvalue weighted by Gasteiger charge is 2.04. The SMILES string of the molecule is CC(Cn1ccnc1)NCc1ccc(O)c(O)c1. The minimum atomic E-state index is -0.0924. The van der Waals surface area contributed by atoms with Crippen molar-refractivity contribution in [2.24, 2.45) is 0 Å². The zero-order chi connectivity index (χ0) is 13.0. The Morgan fingerprint density at radius 3 is 2.83 bits per heavy atom. The molecular formula is C13H17N3O2. The lowest BCUT2D eigenvalue weighted by atomic mass is 10.2. The summed E-state index contributed by atoms with van der Waals surface area (Å²) < 4.78 is 2.01. The molecule has 0 fully saturated rings. The first kappa shape index (κ1) is 12.4. The Morgan fingerprint density at radius 2 is 2.17 bits per heavy atom. The van der Waals surface area contributed by atoms with Crippen LogP contribution in [-0.2, 0) is 13.1 Å². The highest BCUT2D eigenvalue weighted by molar-refractivity contribution is 5.40. The molecule has 0 aliphatic carbocycles. The van der Waals surface area contributed by atoms with Gasteiger partial charge in [-0.2, -0.15) is 0 Å². The van der Waals surface area contributed by atoms with Gasteiger partial charge in [-0.1, -0.05) is 6.07 Å². The van der Waals surface area contributed by atoms with Gasteiger partial charge in [0.1, 0.15) is 0 Å². The number of phenols is 2.